The number of aromatic nitrogens is 5. The number of imidazole rings is 1. The van der Waals surface area contributed by atoms with Gasteiger partial charge in [0.1, 0.15) is 16.7 Å². The molecule has 4 heterocycles. The first kappa shape index (κ1) is 17.8. The molecule has 0 bridgehead atoms. The van der Waals surface area contributed by atoms with Gasteiger partial charge in [0.15, 0.2) is 5.65 Å². The van der Waals surface area contributed by atoms with E-state index < -0.39 is 0 Å². The third kappa shape index (κ3) is 3.68. The Labute approximate surface area is 172 Å². The maximum atomic E-state index is 4.89. The van der Waals surface area contributed by atoms with E-state index >= 15 is 0 Å². The Kier molecular flexibility index (Phi) is 4.64. The summed E-state index contributed by atoms with van der Waals surface area (Å²) in [6.45, 7) is 4.79. The van der Waals surface area contributed by atoms with E-state index in [2.05, 4.69) is 54.1 Å². The van der Waals surface area contributed by atoms with Gasteiger partial charge < -0.3 is 15.1 Å². The Hall–Kier alpha value is -2.26. The molecule has 146 valence electrons. The highest BCUT2D eigenvalue weighted by atomic mass is 79.9. The fourth-order valence-corrected chi connectivity index (χ4v) is 3.89. The molecule has 0 spiro atoms. The summed E-state index contributed by atoms with van der Waals surface area (Å²) in [5.41, 5.74) is 4.29. The summed E-state index contributed by atoms with van der Waals surface area (Å²) in [7, 11) is 2.18. The van der Waals surface area contributed by atoms with Crippen molar-refractivity contribution in [3.63, 3.8) is 0 Å². The number of nitrogens with one attached hydrogen (secondary N) is 1. The first-order chi connectivity index (χ1) is 13.7. The lowest BCUT2D eigenvalue weighted by Crippen LogP contribution is -2.44. The largest absolute Gasteiger partial charge is 0.366 e. The second-order valence-corrected chi connectivity index (χ2v) is 8.41. The van der Waals surface area contributed by atoms with E-state index in [1.165, 1.54) is 30.6 Å². The molecule has 2 aliphatic rings. The van der Waals surface area contributed by atoms with Gasteiger partial charge >= 0.3 is 0 Å². The van der Waals surface area contributed by atoms with Crippen LogP contribution in [0.5, 0.6) is 0 Å². The van der Waals surface area contributed by atoms with E-state index in [0.29, 0.717) is 12.5 Å². The van der Waals surface area contributed by atoms with E-state index in [1.54, 1.807) is 0 Å². The molecule has 3 aromatic rings. The quantitative estimate of drug-likeness (QED) is 0.608. The predicted molar refractivity (Wildman–Crippen MR) is 112 cm³/mol. The predicted octanol–water partition coefficient (Wildman–Crippen LogP) is 2.52. The number of hydrogen-bond donors (Lipinski definition) is 1. The molecule has 2 fully saturated rings. The number of likely N-dealkylation sites (N-methyl/N-ethyl adjacent to an activating group) is 1. The van der Waals surface area contributed by atoms with Crippen LogP contribution in [-0.2, 0) is 6.54 Å². The number of piperazine rings is 1. The van der Waals surface area contributed by atoms with Gasteiger partial charge in [0.2, 0.25) is 0 Å². The van der Waals surface area contributed by atoms with Crippen molar-refractivity contribution in [2.75, 3.05) is 43.4 Å². The van der Waals surface area contributed by atoms with E-state index in [4.69, 9.17) is 10.1 Å². The Morgan fingerprint density at radius 1 is 1.14 bits per heavy atom. The number of anilines is 2. The molecule has 1 aliphatic carbocycles. The van der Waals surface area contributed by atoms with E-state index in [0.717, 1.165) is 47.9 Å². The number of fused-ring (bicyclic) bond motifs is 1. The smallest absolute Gasteiger partial charge is 0.177 e. The molecule has 0 aromatic carbocycles. The molecule has 1 aliphatic heterocycles. The molecule has 0 unspecified atom stereocenters. The molecule has 0 amide bonds. The normalized spacial score (nSPS) is 18.0. The van der Waals surface area contributed by atoms with Gasteiger partial charge in [-0.1, -0.05) is 0 Å². The minimum Gasteiger partial charge on any atom is -0.366 e. The second-order valence-electron chi connectivity index (χ2n) is 7.60. The van der Waals surface area contributed by atoms with Crippen LogP contribution in [0, 0.1) is 0 Å². The number of halogens is 1. The minimum atomic E-state index is 0.591. The fourth-order valence-electron chi connectivity index (χ4n) is 3.58. The van der Waals surface area contributed by atoms with Crippen LogP contribution in [0.2, 0.25) is 0 Å². The highest BCUT2D eigenvalue weighted by Crippen LogP contribution is 2.40. The fraction of sp³-hybridized carbons (Fsp3) is 0.474. The van der Waals surface area contributed by atoms with Gasteiger partial charge in [0.25, 0.3) is 0 Å². The van der Waals surface area contributed by atoms with Crippen molar-refractivity contribution in [2.45, 2.75) is 25.3 Å². The summed E-state index contributed by atoms with van der Waals surface area (Å²) < 4.78 is 2.72. The van der Waals surface area contributed by atoms with Gasteiger partial charge in [-0.15, -0.1) is 0 Å². The average Bonchev–Trinajstić information content (AvgIpc) is 3.46. The zero-order valence-corrected chi connectivity index (χ0v) is 17.4. The molecule has 1 saturated heterocycles. The summed E-state index contributed by atoms with van der Waals surface area (Å²) in [4.78, 5) is 18.0. The molecule has 0 radical (unpaired) electrons. The lowest BCUT2D eigenvalue weighted by Gasteiger charge is -2.34. The Morgan fingerprint density at radius 2 is 1.96 bits per heavy atom. The summed E-state index contributed by atoms with van der Waals surface area (Å²) in [5.74, 6) is 1.38. The Bertz CT molecular complexity index is 991. The molecule has 0 atom stereocenters. The lowest BCUT2D eigenvalue weighted by atomic mass is 10.2. The first-order valence-corrected chi connectivity index (χ1v) is 10.5. The van der Waals surface area contributed by atoms with Crippen molar-refractivity contribution in [1.29, 1.82) is 0 Å². The standard InChI is InChI=1S/C19H23BrN8/c1-26-4-6-27(7-5-26)16-8-15(13-2-3-13)25-28-11-14(24-19(16)28)10-21-18-9-17(20)22-12-23-18/h8-9,11-13H,2-7,10H2,1H3,(H,21,22,23). The Morgan fingerprint density at radius 3 is 2.71 bits per heavy atom. The zero-order valence-electron chi connectivity index (χ0n) is 15.8. The zero-order chi connectivity index (χ0) is 19.1. The van der Waals surface area contributed by atoms with Crippen LogP contribution >= 0.6 is 15.9 Å². The van der Waals surface area contributed by atoms with Crippen LogP contribution in [0.4, 0.5) is 11.5 Å². The molecule has 9 heteroatoms. The van der Waals surface area contributed by atoms with Crippen LogP contribution in [0.1, 0.15) is 30.1 Å². The van der Waals surface area contributed by atoms with Gasteiger partial charge in [-0.2, -0.15) is 5.10 Å². The number of hydrogen-bond acceptors (Lipinski definition) is 7. The van der Waals surface area contributed by atoms with Crippen molar-refractivity contribution >= 4 is 33.1 Å². The maximum absolute atomic E-state index is 4.89. The van der Waals surface area contributed by atoms with Crippen LogP contribution in [-0.4, -0.2) is 62.7 Å². The average molecular weight is 443 g/mol. The molecule has 1 N–H and O–H groups in total. The van der Waals surface area contributed by atoms with Gasteiger partial charge in [0, 0.05) is 38.2 Å². The first-order valence-electron chi connectivity index (χ1n) is 9.70. The van der Waals surface area contributed by atoms with Gasteiger partial charge in [0.05, 0.1) is 29.8 Å². The monoisotopic (exact) mass is 442 g/mol. The summed E-state index contributed by atoms with van der Waals surface area (Å²) in [6, 6.07) is 4.12. The third-order valence-corrected chi connectivity index (χ3v) is 5.83. The SMILES string of the molecule is CN1CCN(c2cc(C3CC3)nn3cc(CNc4cc(Br)ncn4)nc23)CC1. The second kappa shape index (κ2) is 7.29. The van der Waals surface area contributed by atoms with E-state index in [-0.39, 0.29) is 0 Å². The van der Waals surface area contributed by atoms with Crippen molar-refractivity contribution in [2.24, 2.45) is 0 Å². The van der Waals surface area contributed by atoms with Gasteiger partial charge in [-0.05, 0) is 41.9 Å². The van der Waals surface area contributed by atoms with Crippen molar-refractivity contribution in [3.05, 3.63) is 40.6 Å². The molecule has 28 heavy (non-hydrogen) atoms. The maximum Gasteiger partial charge on any atom is 0.177 e. The van der Waals surface area contributed by atoms with Gasteiger partial charge in [-0.3, -0.25) is 0 Å². The molecule has 3 aromatic heterocycles. The topological polar surface area (TPSA) is 74.5 Å². The highest BCUT2D eigenvalue weighted by Gasteiger charge is 2.28. The molecule has 1 saturated carbocycles. The molecular weight excluding hydrogens is 420 g/mol. The minimum absolute atomic E-state index is 0.591. The number of rotatable bonds is 5. The summed E-state index contributed by atoms with van der Waals surface area (Å²) >= 11 is 3.37. The Balaban J connectivity index is 1.44. The van der Waals surface area contributed by atoms with Crippen LogP contribution < -0.4 is 10.2 Å². The van der Waals surface area contributed by atoms with Crippen molar-refractivity contribution < 1.29 is 0 Å². The van der Waals surface area contributed by atoms with E-state index in [1.807, 2.05) is 16.8 Å². The van der Waals surface area contributed by atoms with Crippen molar-refractivity contribution in [1.82, 2.24) is 29.5 Å². The number of nitrogens with zero attached hydrogens (tertiary/aromatic N) is 7. The highest BCUT2D eigenvalue weighted by molar-refractivity contribution is 9.10. The van der Waals surface area contributed by atoms with Crippen LogP contribution in [0.3, 0.4) is 0 Å². The molecular formula is C19H23BrN8. The van der Waals surface area contributed by atoms with Gasteiger partial charge in [-0.25, -0.2) is 19.5 Å². The molecule has 5 rings (SSSR count). The summed E-state index contributed by atoms with van der Waals surface area (Å²) in [6.07, 6.45) is 6.05. The third-order valence-electron chi connectivity index (χ3n) is 5.40. The lowest BCUT2D eigenvalue weighted by molar-refractivity contribution is 0.313. The summed E-state index contributed by atoms with van der Waals surface area (Å²) in [5, 5.41) is 8.17. The molecule has 8 nitrogen and oxygen atoms in total. The van der Waals surface area contributed by atoms with E-state index in [9.17, 15) is 0 Å². The van der Waals surface area contributed by atoms with Crippen LogP contribution in [0.25, 0.3) is 5.65 Å². The van der Waals surface area contributed by atoms with Crippen molar-refractivity contribution in [3.8, 4) is 0 Å². The van der Waals surface area contributed by atoms with Crippen LogP contribution in [0.15, 0.2) is 29.3 Å².